The molecule has 0 aromatic rings. The van der Waals surface area contributed by atoms with E-state index in [2.05, 4.69) is 0 Å². The Balaban J connectivity index is 1.87. The molecule has 2 nitrogen and oxygen atoms in total. The number of rotatable bonds is 2. The van der Waals surface area contributed by atoms with Crippen molar-refractivity contribution in [2.75, 3.05) is 13.2 Å². The molecule has 0 heterocycles. The predicted molar refractivity (Wildman–Crippen MR) is 53.6 cm³/mol. The molecule has 6 atom stereocenters. The van der Waals surface area contributed by atoms with Gasteiger partial charge in [-0.2, -0.15) is 0 Å². The van der Waals surface area contributed by atoms with E-state index in [1.54, 1.807) is 0 Å². The second-order valence-corrected chi connectivity index (χ2v) is 5.50. The van der Waals surface area contributed by atoms with E-state index in [0.29, 0.717) is 25.0 Å². The zero-order chi connectivity index (χ0) is 9.71. The molecule has 14 heavy (non-hydrogen) atoms. The lowest BCUT2D eigenvalue weighted by Gasteiger charge is -2.61. The van der Waals surface area contributed by atoms with Crippen molar-refractivity contribution in [2.24, 2.45) is 35.5 Å². The minimum atomic E-state index is 0.301. The van der Waals surface area contributed by atoms with Crippen LogP contribution in [0.25, 0.3) is 0 Å². The summed E-state index contributed by atoms with van der Waals surface area (Å²) in [5, 5.41) is 18.9. The van der Waals surface area contributed by atoms with Gasteiger partial charge in [-0.05, 0) is 61.2 Å². The van der Waals surface area contributed by atoms with E-state index < -0.39 is 0 Å². The summed E-state index contributed by atoms with van der Waals surface area (Å²) < 4.78 is 0. The van der Waals surface area contributed by atoms with Gasteiger partial charge in [0, 0.05) is 13.2 Å². The van der Waals surface area contributed by atoms with Crippen LogP contribution in [-0.2, 0) is 0 Å². The van der Waals surface area contributed by atoms with Gasteiger partial charge in [-0.1, -0.05) is 0 Å². The molecule has 4 saturated carbocycles. The maximum Gasteiger partial charge on any atom is 0.0465 e. The Kier molecular flexibility index (Phi) is 2.10. The number of fused-ring (bicyclic) bond motifs is 2. The van der Waals surface area contributed by atoms with Gasteiger partial charge >= 0.3 is 0 Å². The molecule has 4 aliphatic rings. The molecule has 0 saturated heterocycles. The van der Waals surface area contributed by atoms with Gasteiger partial charge in [-0.3, -0.25) is 0 Å². The molecule has 0 spiro atoms. The summed E-state index contributed by atoms with van der Waals surface area (Å²) in [4.78, 5) is 0. The van der Waals surface area contributed by atoms with Gasteiger partial charge in [0.25, 0.3) is 0 Å². The molecule has 80 valence electrons. The molecule has 2 heteroatoms. The van der Waals surface area contributed by atoms with Crippen molar-refractivity contribution in [1.29, 1.82) is 0 Å². The third-order valence-electron chi connectivity index (χ3n) is 5.39. The first-order valence-corrected chi connectivity index (χ1v) is 6.08. The van der Waals surface area contributed by atoms with Gasteiger partial charge in [0.15, 0.2) is 0 Å². The van der Waals surface area contributed by atoms with Crippen LogP contribution in [0.15, 0.2) is 0 Å². The summed E-state index contributed by atoms with van der Waals surface area (Å²) in [6.45, 7) is 0.602. The molecule has 0 radical (unpaired) electrons. The Hall–Kier alpha value is -0.0800. The first-order valence-electron chi connectivity index (χ1n) is 6.08. The molecule has 2 N–H and O–H groups in total. The third-order valence-corrected chi connectivity index (χ3v) is 5.39. The van der Waals surface area contributed by atoms with Gasteiger partial charge < -0.3 is 10.2 Å². The molecule has 0 aromatic carbocycles. The Morgan fingerprint density at radius 3 is 1.29 bits per heavy atom. The number of aliphatic hydroxyl groups excluding tert-OH is 2. The fourth-order valence-corrected chi connectivity index (χ4v) is 4.67. The second-order valence-electron chi connectivity index (χ2n) is 5.50. The quantitative estimate of drug-likeness (QED) is 0.698. The summed E-state index contributed by atoms with van der Waals surface area (Å²) in [6, 6.07) is 0. The Morgan fingerprint density at radius 1 is 0.643 bits per heavy atom. The van der Waals surface area contributed by atoms with Crippen LogP contribution in [0, 0.1) is 35.5 Å². The Bertz CT molecular complexity index is 200. The van der Waals surface area contributed by atoms with Crippen LogP contribution in [-0.4, -0.2) is 23.4 Å². The standard InChI is InChI=1S/C12H20O2/c13-5-11-9-3-4-10(12(11)6-14)8-2-1-7(8)9/h7-14H,1-6H2. The van der Waals surface area contributed by atoms with E-state index in [1.807, 2.05) is 0 Å². The minimum absolute atomic E-state index is 0.301. The molecule has 4 rings (SSSR count). The third kappa shape index (κ3) is 0.989. The number of aliphatic hydroxyl groups is 2. The predicted octanol–water partition coefficient (Wildman–Crippen LogP) is 1.27. The van der Waals surface area contributed by atoms with E-state index in [9.17, 15) is 10.2 Å². The average Bonchev–Trinajstić information content (AvgIpc) is 2.16. The lowest BCUT2D eigenvalue weighted by atomic mass is 9.44. The molecule has 2 bridgehead atoms. The van der Waals surface area contributed by atoms with E-state index in [0.717, 1.165) is 23.7 Å². The summed E-state index contributed by atoms with van der Waals surface area (Å²) in [7, 11) is 0. The topological polar surface area (TPSA) is 40.5 Å². The highest BCUT2D eigenvalue weighted by Crippen LogP contribution is 2.61. The normalized spacial score (nSPS) is 55.3. The Labute approximate surface area is 85.3 Å². The van der Waals surface area contributed by atoms with Gasteiger partial charge in [-0.25, -0.2) is 0 Å². The van der Waals surface area contributed by atoms with Gasteiger partial charge in [0.2, 0.25) is 0 Å². The smallest absolute Gasteiger partial charge is 0.0465 e. The summed E-state index contributed by atoms with van der Waals surface area (Å²) >= 11 is 0. The number of hydrogen-bond acceptors (Lipinski definition) is 2. The molecule has 4 aliphatic carbocycles. The van der Waals surface area contributed by atoms with Crippen molar-refractivity contribution in [3.63, 3.8) is 0 Å². The molecule has 0 aliphatic heterocycles. The van der Waals surface area contributed by atoms with Crippen LogP contribution in [0.3, 0.4) is 0 Å². The van der Waals surface area contributed by atoms with Crippen LogP contribution in [0.2, 0.25) is 0 Å². The van der Waals surface area contributed by atoms with E-state index in [4.69, 9.17) is 0 Å². The van der Waals surface area contributed by atoms with Crippen LogP contribution < -0.4 is 0 Å². The summed E-state index contributed by atoms with van der Waals surface area (Å²) in [5.74, 6) is 4.13. The lowest BCUT2D eigenvalue weighted by Crippen LogP contribution is -2.56. The zero-order valence-electron chi connectivity index (χ0n) is 8.60. The summed E-state index contributed by atoms with van der Waals surface area (Å²) in [6.07, 6.45) is 5.40. The molecule has 0 amide bonds. The highest BCUT2D eigenvalue weighted by molar-refractivity contribution is 5.04. The monoisotopic (exact) mass is 196 g/mol. The SMILES string of the molecule is OCC1C(CO)C2CCC1C1CCC21. The Morgan fingerprint density at radius 2 is 1.00 bits per heavy atom. The first-order chi connectivity index (χ1) is 6.86. The highest BCUT2D eigenvalue weighted by Gasteiger charge is 2.56. The fraction of sp³-hybridized carbons (Fsp3) is 1.00. The van der Waals surface area contributed by atoms with Crippen molar-refractivity contribution in [3.05, 3.63) is 0 Å². The molecule has 4 fully saturated rings. The minimum Gasteiger partial charge on any atom is -0.396 e. The summed E-state index contributed by atoms with van der Waals surface area (Å²) in [5.41, 5.74) is 0. The van der Waals surface area contributed by atoms with Gasteiger partial charge in [-0.15, -0.1) is 0 Å². The average molecular weight is 196 g/mol. The van der Waals surface area contributed by atoms with Crippen LogP contribution in [0.4, 0.5) is 0 Å². The second kappa shape index (κ2) is 3.21. The maximum absolute atomic E-state index is 9.43. The van der Waals surface area contributed by atoms with E-state index in [1.165, 1.54) is 25.7 Å². The highest BCUT2D eigenvalue weighted by atomic mass is 16.3. The van der Waals surface area contributed by atoms with E-state index >= 15 is 0 Å². The van der Waals surface area contributed by atoms with Crippen molar-refractivity contribution in [3.8, 4) is 0 Å². The van der Waals surface area contributed by atoms with Crippen LogP contribution in [0.1, 0.15) is 25.7 Å². The van der Waals surface area contributed by atoms with Crippen molar-refractivity contribution >= 4 is 0 Å². The van der Waals surface area contributed by atoms with Crippen molar-refractivity contribution in [2.45, 2.75) is 25.7 Å². The maximum atomic E-state index is 9.43. The molecular formula is C12H20O2. The van der Waals surface area contributed by atoms with Crippen molar-refractivity contribution in [1.82, 2.24) is 0 Å². The molecular weight excluding hydrogens is 176 g/mol. The fourth-order valence-electron chi connectivity index (χ4n) is 4.67. The van der Waals surface area contributed by atoms with Crippen molar-refractivity contribution < 1.29 is 10.2 Å². The van der Waals surface area contributed by atoms with Crippen LogP contribution in [0.5, 0.6) is 0 Å². The lowest BCUT2D eigenvalue weighted by molar-refractivity contribution is -0.148. The van der Waals surface area contributed by atoms with Gasteiger partial charge in [0.05, 0.1) is 0 Å². The molecule has 0 aromatic heterocycles. The van der Waals surface area contributed by atoms with Crippen LogP contribution >= 0.6 is 0 Å². The first kappa shape index (κ1) is 9.17. The zero-order valence-corrected chi connectivity index (χ0v) is 8.60. The largest absolute Gasteiger partial charge is 0.396 e. The number of hydrogen-bond donors (Lipinski definition) is 2. The molecule has 6 unspecified atom stereocenters. The van der Waals surface area contributed by atoms with Gasteiger partial charge in [0.1, 0.15) is 0 Å². The van der Waals surface area contributed by atoms with E-state index in [-0.39, 0.29) is 0 Å².